The van der Waals surface area contributed by atoms with Crippen LogP contribution in [0.4, 0.5) is 0 Å². The van der Waals surface area contributed by atoms with Crippen LogP contribution in [0, 0.1) is 0 Å². The predicted molar refractivity (Wildman–Crippen MR) is 64.8 cm³/mol. The SMILES string of the molecule is O=C(O)CCP(=O)(OCCO)Oc1ccccc1. The Hall–Kier alpha value is -1.36. The van der Waals surface area contributed by atoms with Crippen LogP contribution in [0.15, 0.2) is 30.3 Å². The average molecular weight is 274 g/mol. The number of carboxylic acid groups (broad SMARTS) is 1. The molecule has 7 heteroatoms. The van der Waals surface area contributed by atoms with Crippen LogP contribution in [-0.4, -0.2) is 35.6 Å². The first-order chi connectivity index (χ1) is 8.56. The first-order valence-electron chi connectivity index (χ1n) is 5.36. The Labute approximate surface area is 105 Å². The van der Waals surface area contributed by atoms with Gasteiger partial charge in [-0.05, 0) is 12.1 Å². The molecule has 1 rings (SSSR count). The topological polar surface area (TPSA) is 93.1 Å². The summed E-state index contributed by atoms with van der Waals surface area (Å²) in [4.78, 5) is 10.5. The number of aliphatic carboxylic acids is 1. The third-order valence-corrected chi connectivity index (χ3v) is 3.80. The van der Waals surface area contributed by atoms with Gasteiger partial charge >= 0.3 is 13.6 Å². The molecule has 0 saturated carbocycles. The summed E-state index contributed by atoms with van der Waals surface area (Å²) in [5.74, 6) is -0.747. The zero-order valence-corrected chi connectivity index (χ0v) is 10.6. The summed E-state index contributed by atoms with van der Waals surface area (Å²) in [5.41, 5.74) is 0. The lowest BCUT2D eigenvalue weighted by Gasteiger charge is -2.18. The number of aliphatic hydroxyl groups excluding tert-OH is 1. The van der Waals surface area contributed by atoms with Gasteiger partial charge in [0, 0.05) is 0 Å². The van der Waals surface area contributed by atoms with E-state index >= 15 is 0 Å². The van der Waals surface area contributed by atoms with Crippen molar-refractivity contribution in [2.45, 2.75) is 6.42 Å². The van der Waals surface area contributed by atoms with Crippen molar-refractivity contribution in [1.82, 2.24) is 0 Å². The van der Waals surface area contributed by atoms with E-state index in [1.165, 1.54) is 0 Å². The van der Waals surface area contributed by atoms with Crippen LogP contribution in [0.2, 0.25) is 0 Å². The van der Waals surface area contributed by atoms with Crippen molar-refractivity contribution in [2.24, 2.45) is 0 Å². The van der Waals surface area contributed by atoms with Crippen LogP contribution in [0.3, 0.4) is 0 Å². The van der Waals surface area contributed by atoms with Gasteiger partial charge in [0.2, 0.25) is 0 Å². The molecule has 0 amide bonds. The average Bonchev–Trinajstić information content (AvgIpc) is 2.35. The number of hydrogen-bond donors (Lipinski definition) is 2. The van der Waals surface area contributed by atoms with E-state index in [2.05, 4.69) is 0 Å². The molecule has 1 aromatic carbocycles. The van der Waals surface area contributed by atoms with Crippen LogP contribution in [0.1, 0.15) is 6.42 Å². The van der Waals surface area contributed by atoms with E-state index < -0.39 is 13.6 Å². The first kappa shape index (κ1) is 14.7. The second kappa shape index (κ2) is 7.16. The van der Waals surface area contributed by atoms with Crippen molar-refractivity contribution in [3.63, 3.8) is 0 Å². The maximum atomic E-state index is 12.2. The van der Waals surface area contributed by atoms with E-state index in [1.807, 2.05) is 0 Å². The summed E-state index contributed by atoms with van der Waals surface area (Å²) < 4.78 is 22.4. The fourth-order valence-electron chi connectivity index (χ4n) is 1.19. The zero-order chi connectivity index (χ0) is 13.4. The summed E-state index contributed by atoms with van der Waals surface area (Å²) >= 11 is 0. The van der Waals surface area contributed by atoms with Gasteiger partial charge in [-0.1, -0.05) is 18.2 Å². The van der Waals surface area contributed by atoms with Gasteiger partial charge in [0.15, 0.2) is 0 Å². The molecule has 2 N–H and O–H groups in total. The third-order valence-electron chi connectivity index (χ3n) is 1.97. The van der Waals surface area contributed by atoms with Crippen LogP contribution >= 0.6 is 7.60 Å². The van der Waals surface area contributed by atoms with Crippen molar-refractivity contribution in [3.8, 4) is 5.75 Å². The number of para-hydroxylation sites is 1. The number of carboxylic acids is 1. The van der Waals surface area contributed by atoms with Crippen molar-refractivity contribution in [3.05, 3.63) is 30.3 Å². The van der Waals surface area contributed by atoms with E-state index in [0.29, 0.717) is 5.75 Å². The number of carbonyl (C=O) groups is 1. The minimum atomic E-state index is -3.55. The minimum Gasteiger partial charge on any atom is -0.481 e. The van der Waals surface area contributed by atoms with Gasteiger partial charge in [0.05, 0.1) is 25.8 Å². The zero-order valence-electron chi connectivity index (χ0n) is 9.69. The Balaban J connectivity index is 2.70. The number of rotatable bonds is 8. The Bertz CT molecular complexity index is 419. The molecule has 0 saturated heterocycles. The molecule has 100 valence electrons. The van der Waals surface area contributed by atoms with Gasteiger partial charge < -0.3 is 14.7 Å². The van der Waals surface area contributed by atoms with E-state index in [9.17, 15) is 9.36 Å². The van der Waals surface area contributed by atoms with E-state index in [4.69, 9.17) is 19.3 Å². The normalized spacial score (nSPS) is 13.8. The highest BCUT2D eigenvalue weighted by Crippen LogP contribution is 2.48. The summed E-state index contributed by atoms with van der Waals surface area (Å²) in [6, 6.07) is 8.35. The molecule has 0 aliphatic rings. The van der Waals surface area contributed by atoms with Crippen LogP contribution in [0.25, 0.3) is 0 Å². The highest BCUT2D eigenvalue weighted by atomic mass is 31.2. The number of hydrogen-bond acceptors (Lipinski definition) is 5. The predicted octanol–water partition coefficient (Wildman–Crippen LogP) is 1.74. The molecule has 18 heavy (non-hydrogen) atoms. The molecule has 0 fully saturated rings. The lowest BCUT2D eigenvalue weighted by Crippen LogP contribution is -2.09. The van der Waals surface area contributed by atoms with Gasteiger partial charge in [-0.25, -0.2) is 4.57 Å². The number of aliphatic hydroxyl groups is 1. The maximum absolute atomic E-state index is 12.2. The van der Waals surface area contributed by atoms with Crippen molar-refractivity contribution >= 4 is 13.6 Å². The Morgan fingerprint density at radius 3 is 2.50 bits per heavy atom. The van der Waals surface area contributed by atoms with Crippen LogP contribution < -0.4 is 4.52 Å². The third kappa shape index (κ3) is 5.31. The van der Waals surface area contributed by atoms with Crippen molar-refractivity contribution in [2.75, 3.05) is 19.4 Å². The molecule has 1 atom stereocenters. The Morgan fingerprint density at radius 2 is 1.94 bits per heavy atom. The fraction of sp³-hybridized carbons (Fsp3) is 0.364. The molecule has 0 bridgehead atoms. The summed E-state index contributed by atoms with van der Waals surface area (Å²) in [7, 11) is -3.55. The van der Waals surface area contributed by atoms with Gasteiger partial charge in [-0.3, -0.25) is 9.32 Å². The summed E-state index contributed by atoms with van der Waals surface area (Å²) in [6.45, 7) is -0.473. The molecule has 1 unspecified atom stereocenters. The van der Waals surface area contributed by atoms with Crippen LogP contribution in [-0.2, 0) is 13.9 Å². The molecule has 0 heterocycles. The Morgan fingerprint density at radius 1 is 1.28 bits per heavy atom. The minimum absolute atomic E-state index is 0.163. The summed E-state index contributed by atoms with van der Waals surface area (Å²) in [5, 5.41) is 17.2. The molecule has 1 aromatic rings. The number of benzene rings is 1. The smallest absolute Gasteiger partial charge is 0.379 e. The molecule has 0 aliphatic heterocycles. The van der Waals surface area contributed by atoms with Gasteiger partial charge in [0.25, 0.3) is 0 Å². The van der Waals surface area contributed by atoms with Gasteiger partial charge in [0.1, 0.15) is 5.75 Å². The van der Waals surface area contributed by atoms with E-state index in [-0.39, 0.29) is 25.8 Å². The van der Waals surface area contributed by atoms with Gasteiger partial charge in [-0.2, -0.15) is 0 Å². The van der Waals surface area contributed by atoms with E-state index in [1.54, 1.807) is 30.3 Å². The lowest BCUT2D eigenvalue weighted by atomic mass is 10.3. The molecule has 0 aromatic heterocycles. The molecule has 6 nitrogen and oxygen atoms in total. The highest BCUT2D eigenvalue weighted by molar-refractivity contribution is 7.54. The largest absolute Gasteiger partial charge is 0.481 e. The maximum Gasteiger partial charge on any atom is 0.379 e. The highest BCUT2D eigenvalue weighted by Gasteiger charge is 2.27. The van der Waals surface area contributed by atoms with Crippen molar-refractivity contribution in [1.29, 1.82) is 0 Å². The molecular formula is C11H15O6P. The Kier molecular flexibility index (Phi) is 5.85. The first-order valence-corrected chi connectivity index (χ1v) is 7.09. The monoisotopic (exact) mass is 274 g/mol. The lowest BCUT2D eigenvalue weighted by molar-refractivity contribution is -0.136. The molecule has 0 aliphatic carbocycles. The molecule has 0 radical (unpaired) electrons. The fourth-order valence-corrected chi connectivity index (χ4v) is 2.73. The van der Waals surface area contributed by atoms with Crippen molar-refractivity contribution < 1.29 is 28.6 Å². The molecule has 0 spiro atoms. The second-order valence-corrected chi connectivity index (χ2v) is 5.55. The molecular weight excluding hydrogens is 259 g/mol. The van der Waals surface area contributed by atoms with Gasteiger partial charge in [-0.15, -0.1) is 0 Å². The second-order valence-electron chi connectivity index (χ2n) is 3.44. The quantitative estimate of drug-likeness (QED) is 0.701. The van der Waals surface area contributed by atoms with Crippen LogP contribution in [0.5, 0.6) is 5.75 Å². The van der Waals surface area contributed by atoms with E-state index in [0.717, 1.165) is 0 Å². The standard InChI is InChI=1S/C11H15O6P/c12-7-8-16-18(15,9-6-11(13)14)17-10-4-2-1-3-5-10/h1-5,12H,6-9H2,(H,13,14). The summed E-state index contributed by atoms with van der Waals surface area (Å²) in [6.07, 6.45) is -0.563.